The molecule has 0 atom stereocenters. The van der Waals surface area contributed by atoms with E-state index in [0.717, 1.165) is 24.5 Å². The van der Waals surface area contributed by atoms with Gasteiger partial charge in [0, 0.05) is 50.0 Å². The van der Waals surface area contributed by atoms with Crippen LogP contribution < -0.4 is 15.1 Å². The number of nitrogens with zero attached hydrogens (tertiary/aromatic N) is 2. The van der Waals surface area contributed by atoms with E-state index in [1.165, 1.54) is 31.2 Å². The zero-order valence-corrected chi connectivity index (χ0v) is 16.0. The molecule has 6 heteroatoms. The van der Waals surface area contributed by atoms with Gasteiger partial charge in [-0.05, 0) is 62.4 Å². The van der Waals surface area contributed by atoms with E-state index in [1.54, 1.807) is 4.90 Å². The zero-order chi connectivity index (χ0) is 19.8. The summed E-state index contributed by atoms with van der Waals surface area (Å²) in [6, 6.07) is 13.3. The number of hydrogen-bond donors (Lipinski definition) is 1. The predicted molar refractivity (Wildman–Crippen MR) is 108 cm³/mol. The molecular weight excluding hydrogens is 345 g/mol. The van der Waals surface area contributed by atoms with Crippen LogP contribution in [0.4, 0.5) is 21.5 Å². The summed E-state index contributed by atoms with van der Waals surface area (Å²) in [5.41, 5.74) is 2.38. The maximum atomic E-state index is 12.9. The van der Waals surface area contributed by atoms with Crippen LogP contribution in [-0.4, -0.2) is 31.4 Å². The fourth-order valence-electron chi connectivity index (χ4n) is 2.87. The van der Waals surface area contributed by atoms with Gasteiger partial charge < -0.3 is 15.1 Å². The van der Waals surface area contributed by atoms with Gasteiger partial charge in [-0.1, -0.05) is 0 Å². The minimum Gasteiger partial charge on any atom is -0.372 e. The predicted octanol–water partition coefficient (Wildman–Crippen LogP) is 4.05. The second-order valence-corrected chi connectivity index (χ2v) is 6.16. The Morgan fingerprint density at radius 3 is 2.00 bits per heavy atom. The third-order valence-corrected chi connectivity index (χ3v) is 4.36. The molecular formula is C21H26FN3O2. The van der Waals surface area contributed by atoms with Crippen molar-refractivity contribution in [1.29, 1.82) is 0 Å². The van der Waals surface area contributed by atoms with Gasteiger partial charge >= 0.3 is 0 Å². The molecule has 0 aliphatic rings. The van der Waals surface area contributed by atoms with Gasteiger partial charge in [-0.2, -0.15) is 0 Å². The smallest absolute Gasteiger partial charge is 0.226 e. The Hall–Kier alpha value is -2.89. The van der Waals surface area contributed by atoms with Crippen LogP contribution in [-0.2, 0) is 9.59 Å². The lowest BCUT2D eigenvalue weighted by Crippen LogP contribution is -2.32. The minimum atomic E-state index is -0.357. The maximum Gasteiger partial charge on any atom is 0.226 e. The van der Waals surface area contributed by atoms with Crippen molar-refractivity contribution in [3.05, 3.63) is 54.3 Å². The summed E-state index contributed by atoms with van der Waals surface area (Å²) in [5.74, 6) is -0.711. The number of amides is 2. The topological polar surface area (TPSA) is 52.6 Å². The first kappa shape index (κ1) is 20.4. The summed E-state index contributed by atoms with van der Waals surface area (Å²) in [5, 5.41) is 2.70. The van der Waals surface area contributed by atoms with Gasteiger partial charge in [-0.3, -0.25) is 9.59 Å². The molecule has 2 aromatic rings. The van der Waals surface area contributed by atoms with Gasteiger partial charge in [0.25, 0.3) is 0 Å². The Morgan fingerprint density at radius 1 is 0.926 bits per heavy atom. The van der Waals surface area contributed by atoms with Crippen LogP contribution in [0.1, 0.15) is 27.2 Å². The molecule has 0 bridgehead atoms. The number of halogens is 1. The number of hydrogen-bond acceptors (Lipinski definition) is 3. The highest BCUT2D eigenvalue weighted by Gasteiger charge is 2.14. The second kappa shape index (κ2) is 9.71. The van der Waals surface area contributed by atoms with Crippen LogP contribution in [0.15, 0.2) is 48.5 Å². The van der Waals surface area contributed by atoms with Crippen LogP contribution in [0.25, 0.3) is 0 Å². The van der Waals surface area contributed by atoms with Gasteiger partial charge in [-0.25, -0.2) is 4.39 Å². The van der Waals surface area contributed by atoms with E-state index in [0.29, 0.717) is 5.69 Å². The lowest BCUT2D eigenvalue weighted by molar-refractivity contribution is -0.117. The summed E-state index contributed by atoms with van der Waals surface area (Å²) in [4.78, 5) is 28.0. The Bertz CT molecular complexity index is 756. The van der Waals surface area contributed by atoms with Crippen molar-refractivity contribution < 1.29 is 14.0 Å². The molecule has 0 saturated heterocycles. The van der Waals surface area contributed by atoms with E-state index in [-0.39, 0.29) is 30.6 Å². The van der Waals surface area contributed by atoms with Crippen molar-refractivity contribution in [2.24, 2.45) is 0 Å². The van der Waals surface area contributed by atoms with E-state index in [1.807, 2.05) is 24.3 Å². The fraction of sp³-hybridized carbons (Fsp3) is 0.333. The van der Waals surface area contributed by atoms with Crippen LogP contribution in [0.2, 0.25) is 0 Å². The number of nitrogens with one attached hydrogen (secondary N) is 1. The normalized spacial score (nSPS) is 10.4. The lowest BCUT2D eigenvalue weighted by Gasteiger charge is -2.24. The standard InChI is InChI=1S/C21H26FN3O2/c1-4-24(5-2)19-10-12-20(13-11-19)25(16(3)26)15-14-21(27)23-18-8-6-17(22)7-9-18/h6-13H,4-5,14-15H2,1-3H3,(H,23,27). The second-order valence-electron chi connectivity index (χ2n) is 6.16. The molecule has 0 saturated carbocycles. The van der Waals surface area contributed by atoms with Crippen LogP contribution in [0, 0.1) is 5.82 Å². The number of anilines is 3. The molecule has 0 unspecified atom stereocenters. The van der Waals surface area contributed by atoms with Gasteiger partial charge in [0.15, 0.2) is 0 Å². The lowest BCUT2D eigenvalue weighted by atomic mass is 10.2. The van der Waals surface area contributed by atoms with Crippen LogP contribution in [0.5, 0.6) is 0 Å². The zero-order valence-electron chi connectivity index (χ0n) is 16.0. The number of rotatable bonds is 8. The molecule has 0 aromatic heterocycles. The quantitative estimate of drug-likeness (QED) is 0.761. The SMILES string of the molecule is CCN(CC)c1ccc(N(CCC(=O)Nc2ccc(F)cc2)C(C)=O)cc1. The Morgan fingerprint density at radius 2 is 1.48 bits per heavy atom. The molecule has 2 amide bonds. The van der Waals surface area contributed by atoms with Gasteiger partial charge in [0.1, 0.15) is 5.82 Å². The van der Waals surface area contributed by atoms with E-state index >= 15 is 0 Å². The molecule has 144 valence electrons. The van der Waals surface area contributed by atoms with Crippen molar-refractivity contribution in [1.82, 2.24) is 0 Å². The first-order valence-corrected chi connectivity index (χ1v) is 9.13. The third kappa shape index (κ3) is 5.81. The molecule has 5 nitrogen and oxygen atoms in total. The Labute approximate surface area is 159 Å². The van der Waals surface area contributed by atoms with Crippen molar-refractivity contribution >= 4 is 28.9 Å². The molecule has 27 heavy (non-hydrogen) atoms. The molecule has 0 aliphatic carbocycles. The highest BCUT2D eigenvalue weighted by molar-refractivity contribution is 5.94. The summed E-state index contributed by atoms with van der Waals surface area (Å²) in [6.07, 6.45) is 0.148. The monoisotopic (exact) mass is 371 g/mol. The third-order valence-electron chi connectivity index (χ3n) is 4.36. The highest BCUT2D eigenvalue weighted by Crippen LogP contribution is 2.21. The molecule has 2 rings (SSSR count). The van der Waals surface area contributed by atoms with Gasteiger partial charge in [-0.15, -0.1) is 0 Å². The first-order valence-electron chi connectivity index (χ1n) is 9.13. The Balaban J connectivity index is 1.99. The summed E-state index contributed by atoms with van der Waals surface area (Å²) in [7, 11) is 0. The number of carbonyl (C=O) groups is 2. The first-order chi connectivity index (χ1) is 12.9. The van der Waals surface area contributed by atoms with E-state index < -0.39 is 0 Å². The van der Waals surface area contributed by atoms with Crippen LogP contribution >= 0.6 is 0 Å². The average molecular weight is 371 g/mol. The van der Waals surface area contributed by atoms with Crippen molar-refractivity contribution in [3.8, 4) is 0 Å². The molecule has 1 N–H and O–H groups in total. The molecule has 0 aliphatic heterocycles. The van der Waals surface area contributed by atoms with E-state index in [2.05, 4.69) is 24.1 Å². The largest absolute Gasteiger partial charge is 0.372 e. The molecule has 0 radical (unpaired) electrons. The van der Waals surface area contributed by atoms with Crippen molar-refractivity contribution in [2.45, 2.75) is 27.2 Å². The van der Waals surface area contributed by atoms with E-state index in [9.17, 15) is 14.0 Å². The molecule has 2 aromatic carbocycles. The molecule has 0 spiro atoms. The van der Waals surface area contributed by atoms with E-state index in [4.69, 9.17) is 0 Å². The average Bonchev–Trinajstić information content (AvgIpc) is 2.65. The van der Waals surface area contributed by atoms with Crippen LogP contribution in [0.3, 0.4) is 0 Å². The fourth-order valence-corrected chi connectivity index (χ4v) is 2.87. The van der Waals surface area contributed by atoms with Crippen molar-refractivity contribution in [2.75, 3.05) is 34.8 Å². The number of benzene rings is 2. The minimum absolute atomic E-state index is 0.125. The summed E-state index contributed by atoms with van der Waals surface area (Å²) in [6.45, 7) is 7.77. The number of carbonyl (C=O) groups excluding carboxylic acids is 2. The van der Waals surface area contributed by atoms with Gasteiger partial charge in [0.2, 0.25) is 11.8 Å². The summed E-state index contributed by atoms with van der Waals surface area (Å²) >= 11 is 0. The molecule has 0 fully saturated rings. The Kier molecular flexibility index (Phi) is 7.34. The maximum absolute atomic E-state index is 12.9. The van der Waals surface area contributed by atoms with Gasteiger partial charge in [0.05, 0.1) is 0 Å². The van der Waals surface area contributed by atoms with Crippen molar-refractivity contribution in [3.63, 3.8) is 0 Å². The molecule has 0 heterocycles. The highest BCUT2D eigenvalue weighted by atomic mass is 19.1. The summed E-state index contributed by atoms with van der Waals surface area (Å²) < 4.78 is 12.9.